The molecule has 2 nitrogen and oxygen atoms in total. The molecule has 0 heterocycles. The van der Waals surface area contributed by atoms with Gasteiger partial charge < -0.3 is 4.74 Å². The van der Waals surface area contributed by atoms with E-state index in [-0.39, 0.29) is 17.5 Å². The second kappa shape index (κ2) is 12.8. The van der Waals surface area contributed by atoms with E-state index in [1.807, 2.05) is 0 Å². The van der Waals surface area contributed by atoms with Crippen molar-refractivity contribution in [2.24, 2.45) is 0 Å². The standard InChI is InChI=1S/C17H25ClO2/c1-4-6-8-9-10-12-13-16(18)17(20-15(3)19)14-11-7-5-2/h2,7,10-12,16-17H,4,6,8-9,13-14H2,1,3H3/b11-7+,12-10-/t16-,17-/m0/s1. The highest BCUT2D eigenvalue weighted by atomic mass is 35.5. The maximum absolute atomic E-state index is 11.1. The lowest BCUT2D eigenvalue weighted by molar-refractivity contribution is -0.146. The second-order valence-corrected chi connectivity index (χ2v) is 5.23. The average Bonchev–Trinajstić information content (AvgIpc) is 2.41. The maximum Gasteiger partial charge on any atom is 0.302 e. The molecule has 0 spiro atoms. The van der Waals surface area contributed by atoms with E-state index in [1.165, 1.54) is 26.2 Å². The number of hydrogen-bond donors (Lipinski definition) is 0. The highest BCUT2D eigenvalue weighted by Crippen LogP contribution is 2.17. The number of allylic oxidation sites excluding steroid dienone is 3. The van der Waals surface area contributed by atoms with Gasteiger partial charge >= 0.3 is 5.97 Å². The van der Waals surface area contributed by atoms with Gasteiger partial charge in [0.05, 0.1) is 5.38 Å². The fourth-order valence-electron chi connectivity index (χ4n) is 1.76. The minimum absolute atomic E-state index is 0.233. The Bertz CT molecular complexity index is 352. The van der Waals surface area contributed by atoms with Crippen molar-refractivity contribution < 1.29 is 9.53 Å². The van der Waals surface area contributed by atoms with Crippen LogP contribution < -0.4 is 0 Å². The molecule has 0 aliphatic carbocycles. The van der Waals surface area contributed by atoms with Gasteiger partial charge in [0.2, 0.25) is 0 Å². The number of rotatable bonds is 10. The fourth-order valence-corrected chi connectivity index (χ4v) is 2.02. The van der Waals surface area contributed by atoms with Crippen LogP contribution in [-0.4, -0.2) is 17.5 Å². The predicted octanol–water partition coefficient (Wildman–Crippen LogP) is 4.63. The minimum Gasteiger partial charge on any atom is -0.461 e. The molecule has 0 bridgehead atoms. The lowest BCUT2D eigenvalue weighted by Gasteiger charge is -2.19. The molecule has 112 valence electrons. The van der Waals surface area contributed by atoms with Crippen LogP contribution in [0.4, 0.5) is 0 Å². The van der Waals surface area contributed by atoms with Crippen molar-refractivity contribution in [2.45, 2.75) is 63.9 Å². The summed E-state index contributed by atoms with van der Waals surface area (Å²) in [6.45, 7) is 3.58. The number of carbonyl (C=O) groups excluding carboxylic acids is 1. The van der Waals surface area contributed by atoms with Gasteiger partial charge in [0.25, 0.3) is 0 Å². The minimum atomic E-state index is -0.334. The van der Waals surface area contributed by atoms with E-state index in [4.69, 9.17) is 22.8 Å². The molecule has 0 aliphatic rings. The molecule has 0 aromatic rings. The van der Waals surface area contributed by atoms with Gasteiger partial charge in [-0.15, -0.1) is 18.0 Å². The van der Waals surface area contributed by atoms with Crippen LogP contribution in [-0.2, 0) is 9.53 Å². The molecule has 0 aromatic heterocycles. The molecule has 0 aromatic carbocycles. The first-order chi connectivity index (χ1) is 9.61. The summed E-state index contributed by atoms with van der Waals surface area (Å²) in [5, 5.41) is -0.233. The van der Waals surface area contributed by atoms with Crippen LogP contribution in [0.2, 0.25) is 0 Å². The number of carbonyl (C=O) groups is 1. The molecule has 0 aliphatic heterocycles. The quantitative estimate of drug-likeness (QED) is 0.193. The topological polar surface area (TPSA) is 26.3 Å². The zero-order valence-corrected chi connectivity index (χ0v) is 13.2. The van der Waals surface area contributed by atoms with Gasteiger partial charge in [-0.05, 0) is 25.3 Å². The number of halogens is 1. The summed E-state index contributed by atoms with van der Waals surface area (Å²) in [6, 6.07) is 0. The third-order valence-electron chi connectivity index (χ3n) is 2.81. The predicted molar refractivity (Wildman–Crippen MR) is 85.7 cm³/mol. The summed E-state index contributed by atoms with van der Waals surface area (Å²) < 4.78 is 5.23. The summed E-state index contributed by atoms with van der Waals surface area (Å²) in [4.78, 5) is 11.1. The molecule has 0 N–H and O–H groups in total. The normalized spacial score (nSPS) is 14.3. The number of ether oxygens (including phenoxy) is 1. The van der Waals surface area contributed by atoms with Crippen LogP contribution in [0.5, 0.6) is 0 Å². The number of esters is 1. The van der Waals surface area contributed by atoms with Crippen LogP contribution in [0.1, 0.15) is 52.4 Å². The van der Waals surface area contributed by atoms with E-state index in [9.17, 15) is 4.79 Å². The largest absolute Gasteiger partial charge is 0.461 e. The number of terminal acetylenes is 1. The fraction of sp³-hybridized carbons (Fsp3) is 0.588. The lowest BCUT2D eigenvalue weighted by atomic mass is 10.1. The van der Waals surface area contributed by atoms with Crippen molar-refractivity contribution in [3.05, 3.63) is 24.3 Å². The Hall–Kier alpha value is -1.20. The van der Waals surface area contributed by atoms with E-state index in [0.717, 1.165) is 6.42 Å². The molecule has 0 fully saturated rings. The molecule has 20 heavy (non-hydrogen) atoms. The first-order valence-electron chi connectivity index (χ1n) is 7.19. The molecular weight excluding hydrogens is 272 g/mol. The van der Waals surface area contributed by atoms with Crippen LogP contribution in [0.3, 0.4) is 0 Å². The zero-order chi connectivity index (χ0) is 15.2. The van der Waals surface area contributed by atoms with Crippen LogP contribution >= 0.6 is 11.6 Å². The molecule has 2 atom stereocenters. The highest BCUT2D eigenvalue weighted by Gasteiger charge is 2.19. The van der Waals surface area contributed by atoms with E-state index in [1.54, 1.807) is 12.2 Å². The van der Waals surface area contributed by atoms with Gasteiger partial charge in [-0.3, -0.25) is 4.79 Å². The maximum atomic E-state index is 11.1. The van der Waals surface area contributed by atoms with Crippen molar-refractivity contribution in [2.75, 3.05) is 0 Å². The Labute approximate surface area is 128 Å². The Morgan fingerprint density at radius 1 is 1.30 bits per heavy atom. The second-order valence-electron chi connectivity index (χ2n) is 4.67. The smallest absolute Gasteiger partial charge is 0.302 e. The number of alkyl halides is 1. The van der Waals surface area contributed by atoms with E-state index >= 15 is 0 Å². The van der Waals surface area contributed by atoms with E-state index in [2.05, 4.69) is 25.0 Å². The highest BCUT2D eigenvalue weighted by molar-refractivity contribution is 6.21. The number of unbranched alkanes of at least 4 members (excludes halogenated alkanes) is 3. The molecule has 0 radical (unpaired) electrons. The molecule has 0 saturated carbocycles. The van der Waals surface area contributed by atoms with Gasteiger partial charge in [-0.25, -0.2) is 0 Å². The van der Waals surface area contributed by atoms with Gasteiger partial charge in [0, 0.05) is 13.3 Å². The summed E-state index contributed by atoms with van der Waals surface area (Å²) in [7, 11) is 0. The van der Waals surface area contributed by atoms with Crippen molar-refractivity contribution in [3.63, 3.8) is 0 Å². The molecule has 0 saturated heterocycles. The van der Waals surface area contributed by atoms with Crippen LogP contribution in [0.25, 0.3) is 0 Å². The van der Waals surface area contributed by atoms with Gasteiger partial charge in [-0.1, -0.05) is 43.9 Å². The van der Waals surface area contributed by atoms with E-state index < -0.39 is 0 Å². The molecular formula is C17H25ClO2. The Balaban J connectivity index is 4.18. The van der Waals surface area contributed by atoms with E-state index in [0.29, 0.717) is 12.8 Å². The molecule has 0 amide bonds. The lowest BCUT2D eigenvalue weighted by Crippen LogP contribution is -2.26. The monoisotopic (exact) mass is 296 g/mol. The number of hydrogen-bond acceptors (Lipinski definition) is 2. The average molecular weight is 297 g/mol. The molecule has 0 unspecified atom stereocenters. The summed E-state index contributed by atoms with van der Waals surface area (Å²) in [6.07, 6.45) is 18.4. The van der Waals surface area contributed by atoms with Crippen LogP contribution in [0.15, 0.2) is 24.3 Å². The van der Waals surface area contributed by atoms with Crippen molar-refractivity contribution in [3.8, 4) is 12.3 Å². The van der Waals surface area contributed by atoms with Crippen LogP contribution in [0, 0.1) is 12.3 Å². The van der Waals surface area contributed by atoms with Gasteiger partial charge in [0.15, 0.2) is 0 Å². The Kier molecular flexibility index (Phi) is 12.0. The summed E-state index contributed by atoms with van der Waals surface area (Å²) in [5.74, 6) is 2.09. The Morgan fingerprint density at radius 2 is 2.05 bits per heavy atom. The summed E-state index contributed by atoms with van der Waals surface area (Å²) >= 11 is 6.30. The zero-order valence-electron chi connectivity index (χ0n) is 12.5. The molecule has 3 heteroatoms. The van der Waals surface area contributed by atoms with Crippen molar-refractivity contribution >= 4 is 17.6 Å². The third kappa shape index (κ3) is 10.7. The summed E-state index contributed by atoms with van der Waals surface area (Å²) in [5.41, 5.74) is 0. The first kappa shape index (κ1) is 18.8. The van der Waals surface area contributed by atoms with Crippen molar-refractivity contribution in [1.82, 2.24) is 0 Å². The Morgan fingerprint density at radius 3 is 2.65 bits per heavy atom. The van der Waals surface area contributed by atoms with Gasteiger partial charge in [0.1, 0.15) is 6.10 Å². The van der Waals surface area contributed by atoms with Crippen molar-refractivity contribution in [1.29, 1.82) is 0 Å². The van der Waals surface area contributed by atoms with Gasteiger partial charge in [-0.2, -0.15) is 0 Å². The first-order valence-corrected chi connectivity index (χ1v) is 7.62. The molecule has 0 rings (SSSR count). The third-order valence-corrected chi connectivity index (χ3v) is 3.26. The SMILES string of the molecule is C#C/C=C/C[C@H](OC(C)=O)[C@@H](Cl)C/C=C\CCCCC.